The molecule has 0 atom stereocenters. The van der Waals surface area contributed by atoms with Crippen molar-refractivity contribution < 1.29 is 9.90 Å². The summed E-state index contributed by atoms with van der Waals surface area (Å²) in [4.78, 5) is 15.3. The van der Waals surface area contributed by atoms with E-state index in [4.69, 9.17) is 0 Å². The number of nitrogens with one attached hydrogen (secondary N) is 1. The molecule has 3 nitrogen and oxygen atoms in total. The molecule has 94 valence electrons. The monoisotopic (exact) mass is 269 g/mol. The van der Waals surface area contributed by atoms with E-state index in [1.54, 1.807) is 6.08 Å². The van der Waals surface area contributed by atoms with Crippen molar-refractivity contribution in [2.45, 2.75) is 0 Å². The number of H-pyrrole nitrogens is 1. The predicted octanol–water partition coefficient (Wildman–Crippen LogP) is 3.85. The first-order chi connectivity index (χ1) is 9.25. The van der Waals surface area contributed by atoms with Gasteiger partial charge in [0.2, 0.25) is 0 Å². The van der Waals surface area contributed by atoms with Gasteiger partial charge in [-0.05, 0) is 23.6 Å². The van der Waals surface area contributed by atoms with E-state index in [-0.39, 0.29) is 0 Å². The second-order valence-electron chi connectivity index (χ2n) is 4.13. The fourth-order valence-electron chi connectivity index (χ4n) is 2.04. The average molecular weight is 269 g/mol. The second-order valence-corrected chi connectivity index (χ2v) is 5.08. The van der Waals surface area contributed by atoms with Gasteiger partial charge in [-0.1, -0.05) is 24.3 Å². The fourth-order valence-corrected chi connectivity index (χ4v) is 2.77. The minimum absolute atomic E-state index is 0.319. The number of aromatic nitrogens is 1. The van der Waals surface area contributed by atoms with Crippen LogP contribution in [0.5, 0.6) is 0 Å². The molecule has 0 saturated heterocycles. The molecule has 0 spiro atoms. The first-order valence-electron chi connectivity index (χ1n) is 5.80. The molecule has 0 radical (unpaired) electrons. The zero-order valence-electron chi connectivity index (χ0n) is 9.96. The number of carbonyl (C=O) groups is 1. The molecule has 0 aliphatic rings. The Morgan fingerprint density at radius 2 is 2.05 bits per heavy atom. The van der Waals surface area contributed by atoms with Gasteiger partial charge in [0.05, 0.1) is 5.57 Å². The first kappa shape index (κ1) is 11.7. The number of rotatable bonds is 3. The highest BCUT2D eigenvalue weighted by molar-refractivity contribution is 7.11. The van der Waals surface area contributed by atoms with E-state index in [0.29, 0.717) is 5.57 Å². The number of thiophene rings is 1. The van der Waals surface area contributed by atoms with Gasteiger partial charge in [0.1, 0.15) is 0 Å². The molecule has 2 aromatic heterocycles. The van der Waals surface area contributed by atoms with Crippen molar-refractivity contribution >= 4 is 39.9 Å². The lowest BCUT2D eigenvalue weighted by molar-refractivity contribution is -0.130. The van der Waals surface area contributed by atoms with Crippen LogP contribution in [0.3, 0.4) is 0 Å². The number of aromatic amines is 1. The minimum Gasteiger partial charge on any atom is -0.478 e. The van der Waals surface area contributed by atoms with E-state index in [1.165, 1.54) is 11.3 Å². The van der Waals surface area contributed by atoms with E-state index < -0.39 is 5.97 Å². The van der Waals surface area contributed by atoms with Crippen LogP contribution >= 0.6 is 11.3 Å². The molecular formula is C15H11NO2S. The highest BCUT2D eigenvalue weighted by Crippen LogP contribution is 2.26. The maximum atomic E-state index is 11.4. The Balaban J connectivity index is 2.15. The van der Waals surface area contributed by atoms with Crippen molar-refractivity contribution in [3.63, 3.8) is 0 Å². The number of para-hydroxylation sites is 1. The number of hydrogen-bond acceptors (Lipinski definition) is 2. The quantitative estimate of drug-likeness (QED) is 0.709. The standard InChI is InChI=1S/C15H11NO2S/c17-15(18)12(14-6-3-7-19-14)8-10-9-16-13-5-2-1-4-11(10)13/h1-9,16H,(H,17,18)/b12-8-. The van der Waals surface area contributed by atoms with Crippen LogP contribution in [0.2, 0.25) is 0 Å². The van der Waals surface area contributed by atoms with Gasteiger partial charge in [-0.25, -0.2) is 4.79 Å². The number of benzene rings is 1. The average Bonchev–Trinajstić information content (AvgIpc) is 3.05. The van der Waals surface area contributed by atoms with Gasteiger partial charge in [0.25, 0.3) is 0 Å². The topological polar surface area (TPSA) is 53.1 Å². The van der Waals surface area contributed by atoms with Gasteiger partial charge in [-0.3, -0.25) is 0 Å². The van der Waals surface area contributed by atoms with Gasteiger partial charge in [0.15, 0.2) is 0 Å². The fraction of sp³-hybridized carbons (Fsp3) is 0. The van der Waals surface area contributed by atoms with Crippen LogP contribution in [0.15, 0.2) is 48.0 Å². The Bertz CT molecular complexity index is 753. The first-order valence-corrected chi connectivity index (χ1v) is 6.68. The summed E-state index contributed by atoms with van der Waals surface area (Å²) in [6.07, 6.45) is 3.55. The van der Waals surface area contributed by atoms with Crippen LogP contribution in [0.25, 0.3) is 22.6 Å². The largest absolute Gasteiger partial charge is 0.478 e. The molecule has 0 aliphatic carbocycles. The van der Waals surface area contributed by atoms with E-state index in [1.807, 2.05) is 48.0 Å². The molecule has 19 heavy (non-hydrogen) atoms. The summed E-state index contributed by atoms with van der Waals surface area (Å²) in [6, 6.07) is 11.5. The normalized spacial score (nSPS) is 11.9. The Kier molecular flexibility index (Phi) is 2.93. The summed E-state index contributed by atoms with van der Waals surface area (Å²) >= 11 is 1.43. The molecule has 0 fully saturated rings. The predicted molar refractivity (Wildman–Crippen MR) is 78.1 cm³/mol. The molecule has 4 heteroatoms. The Morgan fingerprint density at radius 3 is 2.79 bits per heavy atom. The highest BCUT2D eigenvalue weighted by Gasteiger charge is 2.12. The van der Waals surface area contributed by atoms with Gasteiger partial charge in [-0.15, -0.1) is 11.3 Å². The summed E-state index contributed by atoms with van der Waals surface area (Å²) in [6.45, 7) is 0. The minimum atomic E-state index is -0.910. The molecule has 0 unspecified atom stereocenters. The third-order valence-corrected chi connectivity index (χ3v) is 3.84. The van der Waals surface area contributed by atoms with E-state index >= 15 is 0 Å². The maximum absolute atomic E-state index is 11.4. The summed E-state index contributed by atoms with van der Waals surface area (Å²) in [5.41, 5.74) is 2.21. The Labute approximate surface area is 113 Å². The lowest BCUT2D eigenvalue weighted by atomic mass is 10.1. The maximum Gasteiger partial charge on any atom is 0.337 e. The molecule has 3 aromatic rings. The van der Waals surface area contributed by atoms with Crippen molar-refractivity contribution in [1.29, 1.82) is 0 Å². The van der Waals surface area contributed by atoms with Crippen molar-refractivity contribution in [1.82, 2.24) is 4.98 Å². The third-order valence-electron chi connectivity index (χ3n) is 2.94. The number of hydrogen-bond donors (Lipinski definition) is 2. The molecule has 0 saturated carbocycles. The summed E-state index contributed by atoms with van der Waals surface area (Å²) in [5, 5.41) is 12.2. The number of aliphatic carboxylic acids is 1. The molecule has 1 aromatic carbocycles. The SMILES string of the molecule is O=C(O)/C(=C\c1c[nH]c2ccccc12)c1cccs1. The van der Waals surface area contributed by atoms with Crippen LogP contribution in [-0.2, 0) is 4.79 Å². The van der Waals surface area contributed by atoms with Crippen molar-refractivity contribution in [2.75, 3.05) is 0 Å². The van der Waals surface area contributed by atoms with Gasteiger partial charge >= 0.3 is 5.97 Å². The zero-order valence-corrected chi connectivity index (χ0v) is 10.8. The van der Waals surface area contributed by atoms with Gasteiger partial charge in [0, 0.05) is 27.5 Å². The molecule has 2 N–H and O–H groups in total. The number of carboxylic acid groups (broad SMARTS) is 1. The van der Waals surface area contributed by atoms with Crippen molar-refractivity contribution in [3.05, 3.63) is 58.4 Å². The summed E-state index contributed by atoms with van der Waals surface area (Å²) in [7, 11) is 0. The van der Waals surface area contributed by atoms with Crippen LogP contribution in [0.1, 0.15) is 10.4 Å². The molecule has 0 amide bonds. The number of fused-ring (bicyclic) bond motifs is 1. The molecule has 2 heterocycles. The zero-order chi connectivity index (χ0) is 13.2. The molecular weight excluding hydrogens is 258 g/mol. The van der Waals surface area contributed by atoms with Crippen LogP contribution in [0, 0.1) is 0 Å². The Morgan fingerprint density at radius 1 is 1.21 bits per heavy atom. The van der Waals surface area contributed by atoms with E-state index in [9.17, 15) is 9.90 Å². The van der Waals surface area contributed by atoms with Gasteiger partial charge in [-0.2, -0.15) is 0 Å². The van der Waals surface area contributed by atoms with Gasteiger partial charge < -0.3 is 10.1 Å². The lowest BCUT2D eigenvalue weighted by Gasteiger charge is -1.98. The van der Waals surface area contributed by atoms with Crippen molar-refractivity contribution in [3.8, 4) is 0 Å². The summed E-state index contributed by atoms with van der Waals surface area (Å²) in [5.74, 6) is -0.910. The molecule has 0 aliphatic heterocycles. The smallest absolute Gasteiger partial charge is 0.337 e. The highest BCUT2D eigenvalue weighted by atomic mass is 32.1. The van der Waals surface area contributed by atoms with Crippen LogP contribution in [-0.4, -0.2) is 16.1 Å². The Hall–Kier alpha value is -2.33. The van der Waals surface area contributed by atoms with Crippen molar-refractivity contribution in [2.24, 2.45) is 0 Å². The summed E-state index contributed by atoms with van der Waals surface area (Å²) < 4.78 is 0. The van der Waals surface area contributed by atoms with E-state index in [2.05, 4.69) is 4.98 Å². The molecule has 0 bridgehead atoms. The van der Waals surface area contributed by atoms with Crippen LogP contribution in [0.4, 0.5) is 0 Å². The third kappa shape index (κ3) is 2.18. The van der Waals surface area contributed by atoms with Crippen LogP contribution < -0.4 is 0 Å². The number of carboxylic acids is 1. The second kappa shape index (κ2) is 4.74. The molecule has 3 rings (SSSR count). The lowest BCUT2D eigenvalue weighted by Crippen LogP contribution is -1.97. The van der Waals surface area contributed by atoms with E-state index in [0.717, 1.165) is 21.3 Å².